The van der Waals surface area contributed by atoms with Crippen LogP contribution in [0.3, 0.4) is 0 Å². The van der Waals surface area contributed by atoms with Crippen molar-refractivity contribution in [1.82, 2.24) is 0 Å². The molecule has 0 saturated carbocycles. The van der Waals surface area contributed by atoms with Crippen LogP contribution >= 0.6 is 17.2 Å². The molecule has 0 aromatic carbocycles. The van der Waals surface area contributed by atoms with Gasteiger partial charge in [-0.05, 0) is 71.0 Å². The van der Waals surface area contributed by atoms with E-state index in [-0.39, 0.29) is 38.9 Å². The first-order valence-electron chi connectivity index (χ1n) is 13.4. The van der Waals surface area contributed by atoms with Crippen LogP contribution < -0.4 is 0 Å². The summed E-state index contributed by atoms with van der Waals surface area (Å²) in [5, 5.41) is 20.7. The van der Waals surface area contributed by atoms with E-state index in [1.165, 1.54) is 0 Å². The molecule has 34 heavy (non-hydrogen) atoms. The molecule has 4 nitrogen and oxygen atoms in total. The Hall–Kier alpha value is -0.200. The topological polar surface area (TPSA) is 74.6 Å². The average Bonchev–Trinajstić information content (AvgIpc) is 2.58. The zero-order valence-corrected chi connectivity index (χ0v) is 25.1. The minimum Gasteiger partial charge on any atom is -0.481 e. The maximum atomic E-state index is 13.4. The molecule has 0 radical (unpaired) electrons. The Balaban J connectivity index is 2.34. The van der Waals surface area contributed by atoms with Gasteiger partial charge in [-0.3, -0.25) is 9.59 Å². The molecule has 0 atom stereocenters. The standard InChI is InChI=1S/C28H52O4P2/c1-24(2)16-20(17-25(3,4)33-24)28(23(31)32,15-13-11-9-10-12-14-22(29)30)21-18-26(5,6)34-27(7,8)19-21/h20-21,33-34H,9-19H2,1-8H3,(H,29,30)(H,31,32). The molecule has 2 fully saturated rings. The lowest BCUT2D eigenvalue weighted by Crippen LogP contribution is -2.54. The number of hydrogen-bond donors (Lipinski definition) is 2. The highest BCUT2D eigenvalue weighted by molar-refractivity contribution is 7.42. The third-order valence-corrected chi connectivity index (χ3v) is 11.7. The van der Waals surface area contributed by atoms with Crippen LogP contribution in [0, 0.1) is 17.3 Å². The van der Waals surface area contributed by atoms with Crippen molar-refractivity contribution in [1.29, 1.82) is 0 Å². The predicted octanol–water partition coefficient (Wildman–Crippen LogP) is 8.16. The van der Waals surface area contributed by atoms with E-state index in [1.807, 2.05) is 0 Å². The Labute approximate surface area is 212 Å². The predicted molar refractivity (Wildman–Crippen MR) is 148 cm³/mol. The molecule has 0 unspecified atom stereocenters. The summed E-state index contributed by atoms with van der Waals surface area (Å²) in [5.74, 6) is -0.860. The quantitative estimate of drug-likeness (QED) is 0.215. The molecule has 0 aliphatic carbocycles. The SMILES string of the molecule is CC1(C)CC(C(CCCCCCCC(=O)O)(C(=O)O)C2CC(C)(C)PC(C)(C)C2)CC(C)(C)P1. The second kappa shape index (κ2) is 11.0. The largest absolute Gasteiger partial charge is 0.481 e. The Morgan fingerprint density at radius 2 is 1.03 bits per heavy atom. The monoisotopic (exact) mass is 514 g/mol. The van der Waals surface area contributed by atoms with Crippen LogP contribution in [0.4, 0.5) is 0 Å². The van der Waals surface area contributed by atoms with E-state index in [0.29, 0.717) is 0 Å². The molecule has 2 rings (SSSR count). The molecule has 2 aliphatic heterocycles. The van der Waals surface area contributed by atoms with Gasteiger partial charge in [0.1, 0.15) is 0 Å². The van der Waals surface area contributed by atoms with Crippen LogP contribution in [-0.2, 0) is 9.59 Å². The van der Waals surface area contributed by atoms with Gasteiger partial charge < -0.3 is 10.2 Å². The number of hydrogen-bond acceptors (Lipinski definition) is 2. The highest BCUT2D eigenvalue weighted by Gasteiger charge is 2.58. The second-order valence-corrected chi connectivity index (χ2v) is 19.9. The Kier molecular flexibility index (Phi) is 9.75. The smallest absolute Gasteiger partial charge is 0.310 e. The molecule has 2 aliphatic rings. The van der Waals surface area contributed by atoms with Crippen LogP contribution in [0.1, 0.15) is 126 Å². The molecule has 2 heterocycles. The molecule has 6 heteroatoms. The van der Waals surface area contributed by atoms with Gasteiger partial charge in [0.2, 0.25) is 0 Å². The molecule has 0 aromatic rings. The number of aliphatic carboxylic acids is 2. The molecule has 2 N–H and O–H groups in total. The number of unbranched alkanes of at least 4 members (excludes halogenated alkanes) is 4. The zero-order chi connectivity index (χ0) is 26.0. The van der Waals surface area contributed by atoms with Crippen LogP contribution in [0.2, 0.25) is 0 Å². The molecule has 0 aromatic heterocycles. The van der Waals surface area contributed by atoms with Crippen molar-refractivity contribution in [3.05, 3.63) is 0 Å². The van der Waals surface area contributed by atoms with Gasteiger partial charge in [-0.15, -0.1) is 17.2 Å². The van der Waals surface area contributed by atoms with E-state index in [0.717, 1.165) is 81.4 Å². The Morgan fingerprint density at radius 1 is 0.676 bits per heavy atom. The van der Waals surface area contributed by atoms with Crippen LogP contribution in [0.5, 0.6) is 0 Å². The number of carbonyl (C=O) groups is 2. The fourth-order valence-electron chi connectivity index (χ4n) is 7.79. The lowest BCUT2D eigenvalue weighted by Gasteiger charge is -2.57. The summed E-state index contributed by atoms with van der Waals surface area (Å²) in [6.45, 7) is 18.8. The summed E-state index contributed by atoms with van der Waals surface area (Å²) in [6.07, 6.45) is 9.61. The van der Waals surface area contributed by atoms with Crippen molar-refractivity contribution in [3.63, 3.8) is 0 Å². The highest BCUT2D eigenvalue weighted by atomic mass is 31.1. The number of rotatable bonds is 11. The zero-order valence-electron chi connectivity index (χ0n) is 23.1. The van der Waals surface area contributed by atoms with E-state index >= 15 is 0 Å². The van der Waals surface area contributed by atoms with Crippen molar-refractivity contribution < 1.29 is 19.8 Å². The van der Waals surface area contributed by atoms with Crippen molar-refractivity contribution in [2.45, 2.75) is 147 Å². The van der Waals surface area contributed by atoms with Gasteiger partial charge in [0.05, 0.1) is 5.41 Å². The van der Waals surface area contributed by atoms with Crippen molar-refractivity contribution in [2.24, 2.45) is 17.3 Å². The number of carboxylic acids is 2. The second-order valence-electron chi connectivity index (χ2n) is 14.0. The molecule has 0 amide bonds. The van der Waals surface area contributed by atoms with Crippen molar-refractivity contribution in [2.75, 3.05) is 0 Å². The average molecular weight is 515 g/mol. The van der Waals surface area contributed by atoms with E-state index in [1.54, 1.807) is 0 Å². The molecule has 0 spiro atoms. The molecular weight excluding hydrogens is 462 g/mol. The van der Waals surface area contributed by atoms with Crippen molar-refractivity contribution >= 4 is 29.1 Å². The maximum Gasteiger partial charge on any atom is 0.310 e. The minimum absolute atomic E-state index is 0.186. The lowest BCUT2D eigenvalue weighted by atomic mass is 9.56. The molecule has 198 valence electrons. The van der Waals surface area contributed by atoms with Gasteiger partial charge in [0, 0.05) is 6.42 Å². The summed E-state index contributed by atoms with van der Waals surface area (Å²) in [4.78, 5) is 24.2. The fourth-order valence-corrected chi connectivity index (χ4v) is 12.9. The highest BCUT2D eigenvalue weighted by Crippen LogP contribution is 2.65. The first-order valence-corrected chi connectivity index (χ1v) is 15.4. The van der Waals surface area contributed by atoms with Gasteiger partial charge in [-0.1, -0.05) is 81.1 Å². The molecule has 2 saturated heterocycles. The summed E-state index contributed by atoms with van der Waals surface area (Å²) < 4.78 is 0. The van der Waals surface area contributed by atoms with E-state index < -0.39 is 17.4 Å². The fraction of sp³-hybridized carbons (Fsp3) is 0.929. The van der Waals surface area contributed by atoms with Crippen LogP contribution in [-0.4, -0.2) is 42.8 Å². The van der Waals surface area contributed by atoms with Gasteiger partial charge in [0.15, 0.2) is 0 Å². The first kappa shape index (κ1) is 30.0. The van der Waals surface area contributed by atoms with Gasteiger partial charge >= 0.3 is 11.9 Å². The first-order chi connectivity index (χ1) is 15.4. The van der Waals surface area contributed by atoms with E-state index in [2.05, 4.69) is 55.4 Å². The minimum atomic E-state index is -0.726. The van der Waals surface area contributed by atoms with Gasteiger partial charge in [-0.2, -0.15) is 0 Å². The van der Waals surface area contributed by atoms with Crippen LogP contribution in [0.15, 0.2) is 0 Å². The van der Waals surface area contributed by atoms with Gasteiger partial charge in [0.25, 0.3) is 0 Å². The molecule has 0 bridgehead atoms. The maximum absolute atomic E-state index is 13.4. The summed E-state index contributed by atoms with van der Waals surface area (Å²) >= 11 is 0. The number of carboxylic acid groups (broad SMARTS) is 2. The summed E-state index contributed by atoms with van der Waals surface area (Å²) in [5.41, 5.74) is -0.667. The third kappa shape index (κ3) is 8.16. The third-order valence-electron chi connectivity index (χ3n) is 8.22. The normalized spacial score (nSPS) is 30.6. The van der Waals surface area contributed by atoms with Crippen LogP contribution in [0.25, 0.3) is 0 Å². The van der Waals surface area contributed by atoms with Gasteiger partial charge in [-0.25, -0.2) is 0 Å². The Bertz CT molecular complexity index is 656. The van der Waals surface area contributed by atoms with Crippen molar-refractivity contribution in [3.8, 4) is 0 Å². The summed E-state index contributed by atoms with van der Waals surface area (Å²) in [6, 6.07) is 0. The van der Waals surface area contributed by atoms with E-state index in [4.69, 9.17) is 5.11 Å². The summed E-state index contributed by atoms with van der Waals surface area (Å²) in [7, 11) is 1.72. The molecular formula is C28H52O4P2. The Morgan fingerprint density at radius 3 is 1.38 bits per heavy atom. The lowest BCUT2D eigenvalue weighted by molar-refractivity contribution is -0.161. The van der Waals surface area contributed by atoms with E-state index in [9.17, 15) is 14.7 Å².